The molecular formula is C22H24N7O7P. The average molecular weight is 529 g/mol. The van der Waals surface area contributed by atoms with Crippen LogP contribution < -0.4 is 20.3 Å². The molecule has 0 radical (unpaired) electrons. The van der Waals surface area contributed by atoms with Gasteiger partial charge in [-0.2, -0.15) is 0 Å². The summed E-state index contributed by atoms with van der Waals surface area (Å²) in [6.45, 7) is 4.74. The van der Waals surface area contributed by atoms with Crippen LogP contribution in [0.25, 0.3) is 10.4 Å². The number of nitrogens with one attached hydrogen (secondary N) is 1. The van der Waals surface area contributed by atoms with Gasteiger partial charge in [0.1, 0.15) is 6.23 Å². The van der Waals surface area contributed by atoms with Crippen LogP contribution in [0, 0.1) is 20.8 Å². The zero-order valence-corrected chi connectivity index (χ0v) is 21.1. The third-order valence-electron chi connectivity index (χ3n) is 5.46. The Morgan fingerprint density at radius 1 is 1.14 bits per heavy atom. The van der Waals surface area contributed by atoms with Crippen molar-refractivity contribution in [3.05, 3.63) is 91.1 Å². The number of aromatic nitrogens is 4. The largest absolute Gasteiger partial charge is 0.587 e. The number of rotatable bonds is 9. The number of hydrogen-bond donors (Lipinski definition) is 1. The molecule has 4 rings (SSSR count). The van der Waals surface area contributed by atoms with Crippen LogP contribution in [0.1, 0.15) is 29.6 Å². The first kappa shape index (κ1) is 26.1. The first-order valence-corrected chi connectivity index (χ1v) is 12.6. The van der Waals surface area contributed by atoms with E-state index in [0.29, 0.717) is 5.56 Å². The number of ether oxygens (including phenoxy) is 1. The van der Waals surface area contributed by atoms with E-state index in [1.807, 2.05) is 0 Å². The topological polar surface area (TPSA) is 183 Å². The molecule has 3 aromatic heterocycles. The number of phosphoric ester groups is 1. The highest BCUT2D eigenvalue weighted by Gasteiger charge is 2.40. The molecule has 0 unspecified atom stereocenters. The van der Waals surface area contributed by atoms with Gasteiger partial charge in [-0.05, 0) is 50.6 Å². The van der Waals surface area contributed by atoms with Crippen LogP contribution in [0.5, 0.6) is 11.5 Å². The Bertz CT molecular complexity index is 1410. The fourth-order valence-electron chi connectivity index (χ4n) is 3.53. The molecule has 0 amide bonds. The monoisotopic (exact) mass is 529 g/mol. The van der Waals surface area contributed by atoms with Crippen molar-refractivity contribution in [2.75, 3.05) is 6.61 Å². The van der Waals surface area contributed by atoms with Crippen molar-refractivity contribution in [1.29, 1.82) is 0 Å². The van der Waals surface area contributed by atoms with Crippen molar-refractivity contribution in [2.24, 2.45) is 5.11 Å². The standard InChI is InChI=1S/C22H24N7O7P/c1-13-11-29(22(31)26-21(13)30)20-8-18(27-28-23)19(34-20)12-33-37(32,35-16-6-4-14(2)24-9-16)36-17-7-5-15(3)25-10-17/h4-7,9-11,18-20H,8,12H2,1-3H3,(H,26,30,31)/t18-,19+,20+/m0/s1. The maximum absolute atomic E-state index is 13.7. The van der Waals surface area contributed by atoms with Crippen LogP contribution in [0.4, 0.5) is 0 Å². The zero-order chi connectivity index (χ0) is 26.6. The van der Waals surface area contributed by atoms with E-state index in [-0.39, 0.29) is 24.5 Å². The first-order chi connectivity index (χ1) is 17.7. The Kier molecular flexibility index (Phi) is 7.74. The lowest BCUT2D eigenvalue weighted by atomic mass is 10.1. The van der Waals surface area contributed by atoms with Crippen LogP contribution in [-0.4, -0.2) is 38.3 Å². The molecular weight excluding hydrogens is 505 g/mol. The Morgan fingerprint density at radius 3 is 2.30 bits per heavy atom. The molecule has 15 heteroatoms. The molecule has 3 aromatic rings. The van der Waals surface area contributed by atoms with E-state index in [9.17, 15) is 14.2 Å². The fourth-order valence-corrected chi connectivity index (χ4v) is 4.74. The molecule has 3 atom stereocenters. The van der Waals surface area contributed by atoms with Gasteiger partial charge >= 0.3 is 13.5 Å². The quantitative estimate of drug-likeness (QED) is 0.187. The van der Waals surface area contributed by atoms with E-state index in [1.165, 1.54) is 23.2 Å². The maximum atomic E-state index is 13.7. The number of hydrogen-bond acceptors (Lipinski definition) is 10. The smallest absolute Gasteiger partial charge is 0.393 e. The lowest BCUT2D eigenvalue weighted by Gasteiger charge is -2.22. The number of H-pyrrole nitrogens is 1. The SMILES string of the molecule is Cc1ccc(OP(=O)(OC[C@H]2O[C@@H](n3cc(C)c(=O)[nH]c3=O)C[C@@H]2N=[N+]=[N-])Oc2ccc(C)nc2)cn1. The normalized spacial score (nSPS) is 19.3. The van der Waals surface area contributed by atoms with Crippen molar-refractivity contribution in [2.45, 2.75) is 45.6 Å². The fraction of sp³-hybridized carbons (Fsp3) is 0.364. The van der Waals surface area contributed by atoms with Crippen LogP contribution in [0.15, 0.2) is 57.6 Å². The molecule has 0 aromatic carbocycles. The van der Waals surface area contributed by atoms with Gasteiger partial charge < -0.3 is 13.8 Å². The molecule has 14 nitrogen and oxygen atoms in total. The van der Waals surface area contributed by atoms with Gasteiger partial charge in [0.2, 0.25) is 0 Å². The van der Waals surface area contributed by atoms with E-state index >= 15 is 0 Å². The van der Waals surface area contributed by atoms with E-state index in [4.69, 9.17) is 23.8 Å². The van der Waals surface area contributed by atoms with Crippen molar-refractivity contribution < 1.29 is 22.9 Å². The summed E-state index contributed by atoms with van der Waals surface area (Å²) in [4.78, 5) is 37.3. The number of azide groups is 1. The van der Waals surface area contributed by atoms with E-state index in [2.05, 4.69) is 25.0 Å². The second-order valence-corrected chi connectivity index (χ2v) is 9.83. The summed E-state index contributed by atoms with van der Waals surface area (Å²) in [5.41, 5.74) is 9.58. The van der Waals surface area contributed by atoms with Crippen molar-refractivity contribution in [3.63, 3.8) is 0 Å². The molecule has 1 N–H and O–H groups in total. The summed E-state index contributed by atoms with van der Waals surface area (Å²) in [6, 6.07) is 5.68. The average Bonchev–Trinajstić information content (AvgIpc) is 3.26. The molecule has 0 bridgehead atoms. The number of phosphoric acid groups is 1. The number of nitrogens with zero attached hydrogens (tertiary/aromatic N) is 6. The molecule has 1 fully saturated rings. The van der Waals surface area contributed by atoms with Crippen molar-refractivity contribution in [3.8, 4) is 11.5 Å². The van der Waals surface area contributed by atoms with Crippen molar-refractivity contribution >= 4 is 7.82 Å². The molecule has 194 valence electrons. The van der Waals surface area contributed by atoms with Gasteiger partial charge in [-0.15, -0.1) is 0 Å². The van der Waals surface area contributed by atoms with Gasteiger partial charge in [0.15, 0.2) is 11.5 Å². The molecule has 1 saturated heterocycles. The van der Waals surface area contributed by atoms with E-state index in [1.54, 1.807) is 45.0 Å². The summed E-state index contributed by atoms with van der Waals surface area (Å²) in [5.74, 6) is 0.280. The molecule has 4 heterocycles. The summed E-state index contributed by atoms with van der Waals surface area (Å²) >= 11 is 0. The lowest BCUT2D eigenvalue weighted by Crippen LogP contribution is -2.33. The van der Waals surface area contributed by atoms with Crippen LogP contribution in [-0.2, 0) is 13.8 Å². The summed E-state index contributed by atoms with van der Waals surface area (Å²) in [6.07, 6.45) is 2.44. The third-order valence-corrected chi connectivity index (χ3v) is 6.79. The highest BCUT2D eigenvalue weighted by Crippen LogP contribution is 2.50. The first-order valence-electron chi connectivity index (χ1n) is 11.2. The Balaban J connectivity index is 1.56. The van der Waals surface area contributed by atoms with Gasteiger partial charge in [0.05, 0.1) is 31.1 Å². The second kappa shape index (κ2) is 11.0. The minimum Gasteiger partial charge on any atom is -0.393 e. The molecule has 1 aliphatic rings. The number of pyridine rings is 2. The van der Waals surface area contributed by atoms with Gasteiger partial charge in [-0.3, -0.25) is 28.8 Å². The lowest BCUT2D eigenvalue weighted by molar-refractivity contribution is -0.0260. The van der Waals surface area contributed by atoms with Crippen molar-refractivity contribution in [1.82, 2.24) is 19.5 Å². The Hall–Kier alpha value is -3.96. The minimum absolute atomic E-state index is 0.110. The molecule has 37 heavy (non-hydrogen) atoms. The molecule has 0 aliphatic carbocycles. The number of aromatic amines is 1. The van der Waals surface area contributed by atoms with Crippen LogP contribution in [0.3, 0.4) is 0 Å². The Morgan fingerprint density at radius 2 is 1.76 bits per heavy atom. The van der Waals surface area contributed by atoms with Crippen LogP contribution in [0.2, 0.25) is 0 Å². The van der Waals surface area contributed by atoms with Gasteiger partial charge in [-0.25, -0.2) is 9.36 Å². The van der Waals surface area contributed by atoms with Gasteiger partial charge in [0, 0.05) is 34.5 Å². The minimum atomic E-state index is -4.32. The van der Waals surface area contributed by atoms with Crippen LogP contribution >= 0.6 is 7.82 Å². The summed E-state index contributed by atoms with van der Waals surface area (Å²) in [7, 11) is -4.32. The number of aryl methyl sites for hydroxylation is 3. The predicted molar refractivity (Wildman–Crippen MR) is 130 cm³/mol. The van der Waals surface area contributed by atoms with E-state index in [0.717, 1.165) is 11.4 Å². The third kappa shape index (κ3) is 6.43. The highest BCUT2D eigenvalue weighted by atomic mass is 31.2. The summed E-state index contributed by atoms with van der Waals surface area (Å²) < 4.78 is 37.5. The van der Waals surface area contributed by atoms with E-state index < -0.39 is 37.4 Å². The van der Waals surface area contributed by atoms with Gasteiger partial charge in [-0.1, -0.05) is 5.11 Å². The highest BCUT2D eigenvalue weighted by molar-refractivity contribution is 7.49. The summed E-state index contributed by atoms with van der Waals surface area (Å²) in [5, 5.41) is 3.74. The molecule has 1 aliphatic heterocycles. The van der Waals surface area contributed by atoms with Gasteiger partial charge in [0.25, 0.3) is 5.56 Å². The zero-order valence-electron chi connectivity index (χ0n) is 20.2. The Labute approximate surface area is 210 Å². The molecule has 0 saturated carbocycles. The second-order valence-electron chi connectivity index (χ2n) is 8.31. The maximum Gasteiger partial charge on any atom is 0.587 e. The molecule has 0 spiro atoms. The predicted octanol–water partition coefficient (Wildman–Crippen LogP) is 3.50.